The lowest BCUT2D eigenvalue weighted by Crippen LogP contribution is -2.33. The van der Waals surface area contributed by atoms with Gasteiger partial charge in [0.05, 0.1) is 0 Å². The molecule has 0 amide bonds. The minimum Gasteiger partial charge on any atom is -0.398 e. The normalized spacial score (nSPS) is 18.9. The first-order valence-electron chi connectivity index (χ1n) is 7.39. The molecule has 0 aromatic heterocycles. The van der Waals surface area contributed by atoms with Gasteiger partial charge in [0.15, 0.2) is 0 Å². The molecule has 2 heteroatoms. The van der Waals surface area contributed by atoms with Crippen molar-refractivity contribution in [3.63, 3.8) is 0 Å². The molecular weight excluding hydrogens is 220 g/mol. The van der Waals surface area contributed by atoms with Crippen molar-refractivity contribution in [2.45, 2.75) is 52.0 Å². The predicted molar refractivity (Wildman–Crippen MR) is 78.7 cm³/mol. The summed E-state index contributed by atoms with van der Waals surface area (Å²) in [5, 5.41) is 0. The molecule has 1 aliphatic carbocycles. The van der Waals surface area contributed by atoms with Gasteiger partial charge in [0, 0.05) is 11.7 Å². The van der Waals surface area contributed by atoms with E-state index in [1.54, 1.807) is 0 Å². The summed E-state index contributed by atoms with van der Waals surface area (Å²) in [5.41, 5.74) is 10.0. The molecule has 2 rings (SSSR count). The monoisotopic (exact) mass is 246 g/mol. The van der Waals surface area contributed by atoms with Crippen LogP contribution in [0.15, 0.2) is 18.2 Å². The Balaban J connectivity index is 2.27. The maximum Gasteiger partial charge on any atom is 0.0351 e. The zero-order valence-corrected chi connectivity index (χ0v) is 11.8. The van der Waals surface area contributed by atoms with E-state index < -0.39 is 0 Å². The zero-order valence-electron chi connectivity index (χ0n) is 11.8. The molecule has 100 valence electrons. The summed E-state index contributed by atoms with van der Waals surface area (Å²) in [6.45, 7) is 6.94. The molecule has 18 heavy (non-hydrogen) atoms. The molecule has 1 aromatic carbocycles. The van der Waals surface area contributed by atoms with Crippen molar-refractivity contribution in [2.24, 2.45) is 0 Å². The Bertz CT molecular complexity index is 381. The molecule has 0 aliphatic heterocycles. The molecule has 0 saturated heterocycles. The zero-order chi connectivity index (χ0) is 13.0. The molecule has 0 heterocycles. The second-order valence-electron chi connectivity index (χ2n) is 5.36. The van der Waals surface area contributed by atoms with Crippen molar-refractivity contribution < 1.29 is 0 Å². The van der Waals surface area contributed by atoms with E-state index in [1.807, 2.05) is 6.07 Å². The lowest BCUT2D eigenvalue weighted by Gasteiger charge is -2.36. The number of benzene rings is 1. The van der Waals surface area contributed by atoms with Gasteiger partial charge in [-0.05, 0) is 62.4 Å². The van der Waals surface area contributed by atoms with Crippen LogP contribution in [-0.2, 0) is 6.42 Å². The van der Waals surface area contributed by atoms with E-state index in [-0.39, 0.29) is 0 Å². The van der Waals surface area contributed by atoms with Gasteiger partial charge in [0.1, 0.15) is 0 Å². The Hall–Kier alpha value is -1.02. The van der Waals surface area contributed by atoms with Crippen molar-refractivity contribution in [1.29, 1.82) is 0 Å². The fraction of sp³-hybridized carbons (Fsp3) is 0.625. The summed E-state index contributed by atoms with van der Waals surface area (Å²) in [6.07, 6.45) is 6.18. The minimum absolute atomic E-state index is 0.595. The van der Waals surface area contributed by atoms with Crippen molar-refractivity contribution in [1.82, 2.24) is 4.90 Å². The first-order valence-corrected chi connectivity index (χ1v) is 7.39. The summed E-state index contributed by atoms with van der Waals surface area (Å²) < 4.78 is 0. The van der Waals surface area contributed by atoms with Crippen LogP contribution in [0.3, 0.4) is 0 Å². The van der Waals surface area contributed by atoms with Crippen LogP contribution in [-0.4, -0.2) is 18.0 Å². The number of rotatable bonds is 5. The van der Waals surface area contributed by atoms with E-state index in [4.69, 9.17) is 5.73 Å². The van der Waals surface area contributed by atoms with Crippen molar-refractivity contribution in [3.05, 3.63) is 29.3 Å². The van der Waals surface area contributed by atoms with Crippen molar-refractivity contribution in [2.75, 3.05) is 18.8 Å². The molecule has 1 unspecified atom stereocenters. The molecule has 0 radical (unpaired) electrons. The number of nitrogens with zero attached hydrogens (tertiary/aromatic N) is 1. The minimum atomic E-state index is 0.595. The highest BCUT2D eigenvalue weighted by Crippen LogP contribution is 2.36. The van der Waals surface area contributed by atoms with Gasteiger partial charge in [-0.25, -0.2) is 0 Å². The Morgan fingerprint density at radius 3 is 2.61 bits per heavy atom. The van der Waals surface area contributed by atoms with Crippen LogP contribution in [0.5, 0.6) is 0 Å². The van der Waals surface area contributed by atoms with E-state index in [0.717, 1.165) is 12.1 Å². The van der Waals surface area contributed by atoms with E-state index in [2.05, 4.69) is 30.9 Å². The molecule has 0 spiro atoms. The quantitative estimate of drug-likeness (QED) is 0.801. The summed E-state index contributed by atoms with van der Waals surface area (Å²) in [4.78, 5) is 2.65. The van der Waals surface area contributed by atoms with Crippen molar-refractivity contribution >= 4 is 5.69 Å². The molecular formula is C16H26N2. The molecule has 0 saturated carbocycles. The molecule has 2 N–H and O–H groups in total. The Labute approximate surface area is 111 Å². The van der Waals surface area contributed by atoms with Crippen LogP contribution in [0.1, 0.15) is 56.7 Å². The molecule has 1 aliphatic rings. The van der Waals surface area contributed by atoms with Gasteiger partial charge >= 0.3 is 0 Å². The van der Waals surface area contributed by atoms with Crippen LogP contribution in [0.25, 0.3) is 0 Å². The number of fused-ring (bicyclic) bond motifs is 1. The van der Waals surface area contributed by atoms with Crippen LogP contribution >= 0.6 is 0 Å². The third-order valence-electron chi connectivity index (χ3n) is 3.97. The van der Waals surface area contributed by atoms with Gasteiger partial charge in [-0.1, -0.05) is 26.0 Å². The maximum atomic E-state index is 6.13. The van der Waals surface area contributed by atoms with Crippen LogP contribution in [0, 0.1) is 0 Å². The summed E-state index contributed by atoms with van der Waals surface area (Å²) in [5.74, 6) is 0. The average Bonchev–Trinajstić information content (AvgIpc) is 2.38. The largest absolute Gasteiger partial charge is 0.398 e. The predicted octanol–water partition coefficient (Wildman–Crippen LogP) is 3.77. The molecule has 1 atom stereocenters. The van der Waals surface area contributed by atoms with E-state index in [0.29, 0.717) is 6.04 Å². The number of hydrogen-bond acceptors (Lipinski definition) is 2. The SMILES string of the molecule is CCCN(CCC)C1CCCc2c(N)cccc21. The fourth-order valence-electron chi connectivity index (χ4n) is 3.23. The van der Waals surface area contributed by atoms with Gasteiger partial charge in [0.25, 0.3) is 0 Å². The van der Waals surface area contributed by atoms with Crippen LogP contribution < -0.4 is 5.73 Å². The number of nitrogen functional groups attached to an aromatic ring is 1. The smallest absolute Gasteiger partial charge is 0.0351 e. The van der Waals surface area contributed by atoms with Gasteiger partial charge in [-0.15, -0.1) is 0 Å². The summed E-state index contributed by atoms with van der Waals surface area (Å²) in [6, 6.07) is 7.04. The molecule has 2 nitrogen and oxygen atoms in total. The van der Waals surface area contributed by atoms with Crippen LogP contribution in [0.2, 0.25) is 0 Å². The third kappa shape index (κ3) is 2.69. The number of anilines is 1. The lowest BCUT2D eigenvalue weighted by atomic mass is 9.85. The van der Waals surface area contributed by atoms with Gasteiger partial charge in [-0.2, -0.15) is 0 Å². The molecule has 0 fully saturated rings. The Kier molecular flexibility index (Phi) is 4.65. The van der Waals surface area contributed by atoms with E-state index in [9.17, 15) is 0 Å². The lowest BCUT2D eigenvalue weighted by molar-refractivity contribution is 0.179. The van der Waals surface area contributed by atoms with E-state index >= 15 is 0 Å². The average molecular weight is 246 g/mol. The fourth-order valence-corrected chi connectivity index (χ4v) is 3.23. The molecule has 1 aromatic rings. The van der Waals surface area contributed by atoms with Crippen LogP contribution in [0.4, 0.5) is 5.69 Å². The topological polar surface area (TPSA) is 29.3 Å². The third-order valence-corrected chi connectivity index (χ3v) is 3.97. The molecule has 0 bridgehead atoms. The Morgan fingerprint density at radius 1 is 1.22 bits per heavy atom. The first-order chi connectivity index (χ1) is 8.77. The maximum absolute atomic E-state index is 6.13. The highest BCUT2D eigenvalue weighted by molar-refractivity contribution is 5.52. The highest BCUT2D eigenvalue weighted by atomic mass is 15.1. The summed E-state index contributed by atoms with van der Waals surface area (Å²) >= 11 is 0. The first kappa shape index (κ1) is 13.4. The number of nitrogens with two attached hydrogens (primary N) is 1. The summed E-state index contributed by atoms with van der Waals surface area (Å²) in [7, 11) is 0. The second kappa shape index (κ2) is 6.24. The van der Waals surface area contributed by atoms with Gasteiger partial charge in [-0.3, -0.25) is 4.90 Å². The number of hydrogen-bond donors (Lipinski definition) is 1. The van der Waals surface area contributed by atoms with E-state index in [1.165, 1.54) is 49.9 Å². The second-order valence-corrected chi connectivity index (χ2v) is 5.36. The Morgan fingerprint density at radius 2 is 1.94 bits per heavy atom. The van der Waals surface area contributed by atoms with Gasteiger partial charge in [0.2, 0.25) is 0 Å². The van der Waals surface area contributed by atoms with Gasteiger partial charge < -0.3 is 5.73 Å². The standard InChI is InChI=1S/C16H26N2/c1-3-11-18(12-4-2)16-10-6-7-13-14(16)8-5-9-15(13)17/h5,8-9,16H,3-4,6-7,10-12,17H2,1-2H3. The van der Waals surface area contributed by atoms with Crippen molar-refractivity contribution in [3.8, 4) is 0 Å². The highest BCUT2D eigenvalue weighted by Gasteiger charge is 2.25.